The maximum Gasteiger partial charge on any atom is 0.307 e. The van der Waals surface area contributed by atoms with E-state index in [0.29, 0.717) is 24.2 Å². The number of allylic oxidation sites excluding steroid dienone is 3. The summed E-state index contributed by atoms with van der Waals surface area (Å²) >= 11 is 0. The maximum atomic E-state index is 12.5. The average Bonchev–Trinajstić information content (AvgIpc) is 3.16. The van der Waals surface area contributed by atoms with Gasteiger partial charge in [0.25, 0.3) is 0 Å². The zero-order valence-electron chi connectivity index (χ0n) is 20.7. The molecule has 1 unspecified atom stereocenters. The fraction of sp³-hybridized carbons (Fsp3) is 0.786. The van der Waals surface area contributed by atoms with Crippen molar-refractivity contribution in [2.24, 2.45) is 28.6 Å². The van der Waals surface area contributed by atoms with Crippen LogP contribution in [0, 0.1) is 28.6 Å². The van der Waals surface area contributed by atoms with E-state index in [0.717, 1.165) is 76.9 Å². The van der Waals surface area contributed by atoms with Gasteiger partial charge < -0.3 is 9.47 Å². The molecule has 5 rings (SSSR count). The van der Waals surface area contributed by atoms with Crippen molar-refractivity contribution in [2.45, 2.75) is 78.2 Å². The zero-order chi connectivity index (χ0) is 23.2. The van der Waals surface area contributed by atoms with E-state index in [1.807, 2.05) is 0 Å². The first-order valence-electron chi connectivity index (χ1n) is 13.2. The van der Waals surface area contributed by atoms with Crippen molar-refractivity contribution < 1.29 is 19.1 Å². The first-order chi connectivity index (χ1) is 15.8. The van der Waals surface area contributed by atoms with Crippen LogP contribution >= 0.6 is 0 Å². The summed E-state index contributed by atoms with van der Waals surface area (Å²) in [5.74, 6) is 2.17. The summed E-state index contributed by atoms with van der Waals surface area (Å²) in [6.07, 6.45) is 12.8. The molecule has 5 heteroatoms. The summed E-state index contributed by atoms with van der Waals surface area (Å²) in [6.45, 7) is 10.7. The van der Waals surface area contributed by atoms with Crippen LogP contribution in [0.15, 0.2) is 23.3 Å². The molecule has 0 aromatic heterocycles. The summed E-state index contributed by atoms with van der Waals surface area (Å²) in [5.41, 5.74) is 2.92. The number of ether oxygens (including phenoxy) is 2. The number of carbonyl (C=O) groups excluding carboxylic acids is 2. The van der Waals surface area contributed by atoms with Gasteiger partial charge >= 0.3 is 5.97 Å². The Morgan fingerprint density at radius 1 is 1.06 bits per heavy atom. The van der Waals surface area contributed by atoms with Crippen LogP contribution in [-0.4, -0.2) is 55.6 Å². The monoisotopic (exact) mass is 455 g/mol. The zero-order valence-corrected chi connectivity index (χ0v) is 20.7. The first kappa shape index (κ1) is 23.3. The molecule has 2 saturated carbocycles. The van der Waals surface area contributed by atoms with Crippen LogP contribution in [0.5, 0.6) is 0 Å². The lowest BCUT2D eigenvalue weighted by Crippen LogP contribution is -2.50. The predicted molar refractivity (Wildman–Crippen MR) is 128 cm³/mol. The minimum Gasteiger partial charge on any atom is -0.462 e. The van der Waals surface area contributed by atoms with Gasteiger partial charge in [0.15, 0.2) is 5.78 Å². The first-order valence-corrected chi connectivity index (χ1v) is 13.2. The molecule has 6 atom stereocenters. The number of fused-ring (bicyclic) bond motifs is 5. The van der Waals surface area contributed by atoms with Gasteiger partial charge in [0.2, 0.25) is 0 Å². The fourth-order valence-corrected chi connectivity index (χ4v) is 8.16. The highest BCUT2D eigenvalue weighted by Crippen LogP contribution is 2.65. The van der Waals surface area contributed by atoms with Gasteiger partial charge in [-0.25, -0.2) is 0 Å². The Morgan fingerprint density at radius 2 is 1.82 bits per heavy atom. The second-order valence-electron chi connectivity index (χ2n) is 11.7. The molecule has 0 N–H and O–H groups in total. The highest BCUT2D eigenvalue weighted by atomic mass is 16.5. The molecule has 5 nitrogen and oxygen atoms in total. The van der Waals surface area contributed by atoms with Gasteiger partial charge in [-0.1, -0.05) is 31.6 Å². The minimum absolute atomic E-state index is 0.0318. The van der Waals surface area contributed by atoms with Gasteiger partial charge in [-0.3, -0.25) is 14.5 Å². The summed E-state index contributed by atoms with van der Waals surface area (Å²) < 4.78 is 11.3. The SMILES string of the molecule is CC(=O)C1=CC[C@H]2[C@@H]3CC=C4CC(OC(=O)CCN5CCOCC5)CC[C@]4(C)[C@H]3CC[C@]12C. The van der Waals surface area contributed by atoms with Gasteiger partial charge in [-0.2, -0.15) is 0 Å². The Kier molecular flexibility index (Phi) is 6.32. The normalized spacial score (nSPS) is 40.7. The van der Waals surface area contributed by atoms with E-state index in [1.165, 1.54) is 12.0 Å². The lowest BCUT2D eigenvalue weighted by molar-refractivity contribution is -0.152. The number of ketones is 1. The number of morpholine rings is 1. The van der Waals surface area contributed by atoms with Crippen molar-refractivity contribution >= 4 is 11.8 Å². The maximum absolute atomic E-state index is 12.5. The van der Waals surface area contributed by atoms with Gasteiger partial charge in [0.05, 0.1) is 19.6 Å². The van der Waals surface area contributed by atoms with Crippen molar-refractivity contribution in [3.8, 4) is 0 Å². The standard InChI is InChI=1S/C28H41NO4/c1-19(30)23-6-7-24-22-5-4-20-18-21(33-26(31)10-13-29-14-16-32-17-15-29)8-11-27(20,2)25(22)9-12-28(23,24)3/h4,6,21-22,24-25H,5,7-18H2,1-3H3/t21?,22-,24-,25-,27-,28+/m0/s1. The number of esters is 1. The third kappa shape index (κ3) is 4.14. The molecule has 1 saturated heterocycles. The van der Waals surface area contributed by atoms with Gasteiger partial charge in [-0.05, 0) is 79.6 Å². The van der Waals surface area contributed by atoms with E-state index in [1.54, 1.807) is 6.92 Å². The van der Waals surface area contributed by atoms with Crippen molar-refractivity contribution in [3.63, 3.8) is 0 Å². The third-order valence-electron chi connectivity index (χ3n) is 10.1. The van der Waals surface area contributed by atoms with Crippen molar-refractivity contribution in [1.29, 1.82) is 0 Å². The van der Waals surface area contributed by atoms with E-state index >= 15 is 0 Å². The number of hydrogen-bond donors (Lipinski definition) is 0. The number of nitrogens with zero attached hydrogens (tertiary/aromatic N) is 1. The number of carbonyl (C=O) groups is 2. The molecule has 182 valence electrons. The molecule has 0 bridgehead atoms. The topological polar surface area (TPSA) is 55.8 Å². The molecule has 0 radical (unpaired) electrons. The van der Waals surface area contributed by atoms with E-state index < -0.39 is 0 Å². The Bertz CT molecular complexity index is 856. The molecule has 4 aliphatic carbocycles. The molecule has 0 spiro atoms. The molecule has 5 aliphatic rings. The van der Waals surface area contributed by atoms with Crippen LogP contribution in [-0.2, 0) is 19.1 Å². The smallest absolute Gasteiger partial charge is 0.307 e. The summed E-state index contributed by atoms with van der Waals surface area (Å²) in [7, 11) is 0. The average molecular weight is 456 g/mol. The quantitative estimate of drug-likeness (QED) is 0.444. The third-order valence-corrected chi connectivity index (χ3v) is 10.1. The van der Waals surface area contributed by atoms with Crippen molar-refractivity contribution in [2.75, 3.05) is 32.8 Å². The molecule has 1 aliphatic heterocycles. The largest absolute Gasteiger partial charge is 0.462 e. The summed E-state index contributed by atoms with van der Waals surface area (Å²) in [6, 6.07) is 0. The van der Waals surface area contributed by atoms with E-state index in [-0.39, 0.29) is 28.7 Å². The molecular weight excluding hydrogens is 414 g/mol. The number of hydrogen-bond acceptors (Lipinski definition) is 5. The van der Waals surface area contributed by atoms with Crippen LogP contribution < -0.4 is 0 Å². The Morgan fingerprint density at radius 3 is 2.58 bits per heavy atom. The van der Waals surface area contributed by atoms with E-state index in [4.69, 9.17) is 9.47 Å². The Balaban J connectivity index is 1.21. The number of Topliss-reactive ketones (excluding diaryl/α,β-unsaturated/α-hetero) is 1. The molecule has 1 heterocycles. The molecule has 33 heavy (non-hydrogen) atoms. The van der Waals surface area contributed by atoms with Crippen LogP contribution in [0.2, 0.25) is 0 Å². The second kappa shape index (κ2) is 8.96. The molecule has 3 fully saturated rings. The summed E-state index contributed by atoms with van der Waals surface area (Å²) in [4.78, 5) is 27.1. The minimum atomic E-state index is -0.0494. The lowest BCUT2D eigenvalue weighted by atomic mass is 9.47. The van der Waals surface area contributed by atoms with E-state index in [2.05, 4.69) is 30.9 Å². The van der Waals surface area contributed by atoms with Crippen LogP contribution in [0.25, 0.3) is 0 Å². The van der Waals surface area contributed by atoms with Crippen molar-refractivity contribution in [1.82, 2.24) is 4.90 Å². The molecule has 0 amide bonds. The second-order valence-corrected chi connectivity index (χ2v) is 11.7. The van der Waals surface area contributed by atoms with E-state index in [9.17, 15) is 9.59 Å². The summed E-state index contributed by atoms with van der Waals surface area (Å²) in [5, 5.41) is 0. The predicted octanol–water partition coefficient (Wildman–Crippen LogP) is 4.71. The van der Waals surface area contributed by atoms with Gasteiger partial charge in [0.1, 0.15) is 6.10 Å². The number of rotatable bonds is 5. The Hall–Kier alpha value is -1.46. The molecular formula is C28H41NO4. The lowest BCUT2D eigenvalue weighted by Gasteiger charge is -2.57. The van der Waals surface area contributed by atoms with Crippen molar-refractivity contribution in [3.05, 3.63) is 23.3 Å². The van der Waals surface area contributed by atoms with Crippen LogP contribution in [0.4, 0.5) is 0 Å². The van der Waals surface area contributed by atoms with Crippen LogP contribution in [0.1, 0.15) is 72.1 Å². The van der Waals surface area contributed by atoms with Gasteiger partial charge in [-0.15, -0.1) is 0 Å². The molecule has 0 aromatic rings. The molecule has 0 aromatic carbocycles. The fourth-order valence-electron chi connectivity index (χ4n) is 8.16. The highest BCUT2D eigenvalue weighted by molar-refractivity contribution is 5.95. The van der Waals surface area contributed by atoms with Crippen LogP contribution in [0.3, 0.4) is 0 Å². The Labute approximate surface area is 198 Å². The van der Waals surface area contributed by atoms with Gasteiger partial charge in [0, 0.05) is 26.1 Å². The highest BCUT2D eigenvalue weighted by Gasteiger charge is 2.57.